The van der Waals surface area contributed by atoms with E-state index < -0.39 is 0 Å². The van der Waals surface area contributed by atoms with E-state index in [9.17, 15) is 0 Å². The van der Waals surface area contributed by atoms with Gasteiger partial charge in [-0.15, -0.1) is 11.3 Å². The highest BCUT2D eigenvalue weighted by atomic mass is 32.1. The van der Waals surface area contributed by atoms with Crippen molar-refractivity contribution in [3.8, 4) is 11.5 Å². The van der Waals surface area contributed by atoms with Crippen molar-refractivity contribution in [2.45, 2.75) is 26.3 Å². The first-order valence-corrected chi connectivity index (χ1v) is 8.52. The lowest BCUT2D eigenvalue weighted by Crippen LogP contribution is -2.01. The number of hydrogen-bond donors (Lipinski definition) is 1. The third-order valence-electron chi connectivity index (χ3n) is 3.56. The van der Waals surface area contributed by atoms with Crippen molar-refractivity contribution in [3.05, 3.63) is 47.6 Å². The zero-order valence-electron chi connectivity index (χ0n) is 13.3. The summed E-state index contributed by atoms with van der Waals surface area (Å²) >= 11 is 1.62. The molecule has 0 aliphatic rings. The van der Waals surface area contributed by atoms with Crippen molar-refractivity contribution in [1.82, 2.24) is 24.5 Å². The van der Waals surface area contributed by atoms with E-state index >= 15 is 0 Å². The third kappa shape index (κ3) is 2.88. The van der Waals surface area contributed by atoms with Crippen LogP contribution in [0, 0.1) is 0 Å². The number of thiazole rings is 1. The van der Waals surface area contributed by atoms with Gasteiger partial charge < -0.3 is 9.84 Å². The minimum atomic E-state index is 0.237. The minimum absolute atomic E-state index is 0.237. The lowest BCUT2D eigenvalue weighted by molar-refractivity contribution is 0.419. The molecule has 0 aliphatic heterocycles. The second kappa shape index (κ2) is 6.04. The van der Waals surface area contributed by atoms with Crippen LogP contribution >= 0.6 is 11.3 Å². The van der Waals surface area contributed by atoms with Crippen LogP contribution in [0.3, 0.4) is 0 Å². The minimum Gasteiger partial charge on any atom is -0.364 e. The topological polar surface area (TPSA) is 81.1 Å². The summed E-state index contributed by atoms with van der Waals surface area (Å²) in [4.78, 5) is 14.3. The third-order valence-corrected chi connectivity index (χ3v) is 4.33. The Balaban J connectivity index is 1.44. The predicted molar refractivity (Wildman–Crippen MR) is 92.0 cm³/mol. The fraction of sp³-hybridized carbons (Fsp3) is 0.250. The van der Waals surface area contributed by atoms with Crippen LogP contribution in [0.2, 0.25) is 0 Å². The molecular weight excluding hydrogens is 324 g/mol. The van der Waals surface area contributed by atoms with Crippen molar-refractivity contribution in [1.29, 1.82) is 0 Å². The number of imidazole rings is 1. The Bertz CT molecular complexity index is 924. The molecule has 0 aliphatic carbocycles. The average molecular weight is 340 g/mol. The lowest BCUT2D eigenvalue weighted by Gasteiger charge is -2.03. The Morgan fingerprint density at radius 2 is 2.21 bits per heavy atom. The maximum absolute atomic E-state index is 5.27. The van der Waals surface area contributed by atoms with Crippen LogP contribution in [0.5, 0.6) is 0 Å². The maximum atomic E-state index is 5.27. The van der Waals surface area contributed by atoms with Gasteiger partial charge in [0.25, 0.3) is 5.89 Å². The Morgan fingerprint density at radius 1 is 1.29 bits per heavy atom. The maximum Gasteiger partial charge on any atom is 0.259 e. The van der Waals surface area contributed by atoms with Gasteiger partial charge in [0, 0.05) is 29.9 Å². The highest BCUT2D eigenvalue weighted by molar-refractivity contribution is 7.15. The zero-order chi connectivity index (χ0) is 16.5. The van der Waals surface area contributed by atoms with Crippen LogP contribution in [0.4, 0.5) is 5.82 Å². The van der Waals surface area contributed by atoms with Gasteiger partial charge in [-0.2, -0.15) is 4.98 Å². The van der Waals surface area contributed by atoms with E-state index in [-0.39, 0.29) is 5.92 Å². The molecule has 24 heavy (non-hydrogen) atoms. The van der Waals surface area contributed by atoms with Crippen molar-refractivity contribution >= 4 is 22.1 Å². The van der Waals surface area contributed by atoms with Gasteiger partial charge in [0.05, 0.1) is 17.8 Å². The van der Waals surface area contributed by atoms with Gasteiger partial charge in [0.15, 0.2) is 10.8 Å². The number of rotatable bonds is 5. The molecule has 1 N–H and O–H groups in total. The zero-order valence-corrected chi connectivity index (χ0v) is 14.1. The van der Waals surface area contributed by atoms with Crippen LogP contribution in [0.25, 0.3) is 16.4 Å². The number of aromatic nitrogens is 5. The van der Waals surface area contributed by atoms with Crippen LogP contribution in [0.1, 0.15) is 31.3 Å². The van der Waals surface area contributed by atoms with Gasteiger partial charge >= 0.3 is 0 Å². The smallest absolute Gasteiger partial charge is 0.259 e. The van der Waals surface area contributed by atoms with Crippen molar-refractivity contribution < 1.29 is 4.52 Å². The first-order chi connectivity index (χ1) is 11.7. The number of fused-ring (bicyclic) bond motifs is 1. The summed E-state index contributed by atoms with van der Waals surface area (Å²) < 4.78 is 7.29. The van der Waals surface area contributed by atoms with Gasteiger partial charge in [0.2, 0.25) is 0 Å². The normalized spacial score (nSPS) is 11.5. The molecule has 0 unspecified atom stereocenters. The van der Waals surface area contributed by atoms with Gasteiger partial charge in [-0.3, -0.25) is 4.40 Å². The Hall–Kier alpha value is -2.74. The molecule has 0 spiro atoms. The van der Waals surface area contributed by atoms with E-state index in [4.69, 9.17) is 4.52 Å². The SMILES string of the molecule is CC(C)c1noc(-c2ccc(NCc3cn4ccsc4n3)nc2)n1. The molecule has 4 aromatic heterocycles. The molecule has 7 nitrogen and oxygen atoms in total. The largest absolute Gasteiger partial charge is 0.364 e. The monoisotopic (exact) mass is 340 g/mol. The Kier molecular flexibility index (Phi) is 3.73. The van der Waals surface area contributed by atoms with Gasteiger partial charge in [0.1, 0.15) is 5.82 Å². The molecular formula is C16H16N6OS. The number of anilines is 1. The summed E-state index contributed by atoms with van der Waals surface area (Å²) in [7, 11) is 0. The molecule has 0 saturated heterocycles. The summed E-state index contributed by atoms with van der Waals surface area (Å²) in [6.45, 7) is 4.68. The standard InChI is InChI=1S/C16H16N6OS/c1-10(2)14-20-15(23-21-14)11-3-4-13(17-7-11)18-8-12-9-22-5-6-24-16(22)19-12/h3-7,9-10H,8H2,1-2H3,(H,17,18). The van der Waals surface area contributed by atoms with E-state index in [2.05, 4.69) is 25.4 Å². The molecule has 0 radical (unpaired) electrons. The molecule has 0 fully saturated rings. The van der Waals surface area contributed by atoms with Crippen LogP contribution < -0.4 is 5.32 Å². The van der Waals surface area contributed by atoms with E-state index in [0.717, 1.165) is 22.0 Å². The molecule has 0 amide bonds. The predicted octanol–water partition coefficient (Wildman–Crippen LogP) is 3.58. The highest BCUT2D eigenvalue weighted by Crippen LogP contribution is 2.20. The summed E-state index contributed by atoms with van der Waals surface area (Å²) in [5.41, 5.74) is 1.79. The molecule has 4 heterocycles. The fourth-order valence-electron chi connectivity index (χ4n) is 2.25. The first-order valence-electron chi connectivity index (χ1n) is 7.64. The summed E-state index contributed by atoms with van der Waals surface area (Å²) in [5.74, 6) is 2.21. The van der Waals surface area contributed by atoms with Crippen LogP contribution in [-0.4, -0.2) is 24.5 Å². The summed E-state index contributed by atoms with van der Waals surface area (Å²) in [6.07, 6.45) is 5.74. The quantitative estimate of drug-likeness (QED) is 0.598. The summed E-state index contributed by atoms with van der Waals surface area (Å²) in [5, 5.41) is 9.25. The molecule has 8 heteroatoms. The molecule has 122 valence electrons. The van der Waals surface area contributed by atoms with Gasteiger partial charge in [-0.05, 0) is 12.1 Å². The fourth-order valence-corrected chi connectivity index (χ4v) is 2.97. The van der Waals surface area contributed by atoms with Crippen LogP contribution in [0.15, 0.2) is 40.6 Å². The number of pyridine rings is 1. The van der Waals surface area contributed by atoms with Crippen LogP contribution in [-0.2, 0) is 6.54 Å². The second-order valence-electron chi connectivity index (χ2n) is 5.72. The molecule has 0 bridgehead atoms. The van der Waals surface area contributed by atoms with E-state index in [0.29, 0.717) is 18.3 Å². The molecule has 0 atom stereocenters. The molecule has 4 aromatic rings. The summed E-state index contributed by atoms with van der Waals surface area (Å²) in [6, 6.07) is 3.81. The Morgan fingerprint density at radius 3 is 2.92 bits per heavy atom. The number of hydrogen-bond acceptors (Lipinski definition) is 7. The second-order valence-corrected chi connectivity index (χ2v) is 6.60. The van der Waals surface area contributed by atoms with Crippen molar-refractivity contribution in [2.24, 2.45) is 0 Å². The first kappa shape index (κ1) is 14.8. The lowest BCUT2D eigenvalue weighted by atomic mass is 10.2. The highest BCUT2D eigenvalue weighted by Gasteiger charge is 2.11. The van der Waals surface area contributed by atoms with Crippen molar-refractivity contribution in [2.75, 3.05) is 5.32 Å². The average Bonchev–Trinajstić information content (AvgIpc) is 3.29. The van der Waals surface area contributed by atoms with Gasteiger partial charge in [-0.1, -0.05) is 19.0 Å². The van der Waals surface area contributed by atoms with Gasteiger partial charge in [-0.25, -0.2) is 9.97 Å². The van der Waals surface area contributed by atoms with Crippen molar-refractivity contribution in [3.63, 3.8) is 0 Å². The Labute approximate surface area is 142 Å². The van der Waals surface area contributed by atoms with E-state index in [1.807, 2.05) is 48.2 Å². The van der Waals surface area contributed by atoms with E-state index in [1.54, 1.807) is 17.5 Å². The number of nitrogens with one attached hydrogen (secondary N) is 1. The molecule has 0 aromatic carbocycles. The molecule has 4 rings (SSSR count). The molecule has 0 saturated carbocycles. The van der Waals surface area contributed by atoms with E-state index in [1.165, 1.54) is 0 Å². The number of nitrogens with zero attached hydrogens (tertiary/aromatic N) is 5.